The number of benzene rings is 1. The Morgan fingerprint density at radius 2 is 2.00 bits per heavy atom. The van der Waals surface area contributed by atoms with Crippen LogP contribution in [0.25, 0.3) is 0 Å². The number of hydrogen-bond acceptors (Lipinski definition) is 3. The van der Waals surface area contributed by atoms with Gasteiger partial charge in [0.15, 0.2) is 5.96 Å². The second kappa shape index (κ2) is 10.2. The van der Waals surface area contributed by atoms with Gasteiger partial charge in [-0.15, -0.1) is 0 Å². The van der Waals surface area contributed by atoms with Gasteiger partial charge in [-0.2, -0.15) is 0 Å². The molecule has 2 aliphatic heterocycles. The minimum atomic E-state index is 0.443. The Kier molecular flexibility index (Phi) is 7.62. The summed E-state index contributed by atoms with van der Waals surface area (Å²) in [7, 11) is 1.86. The SMILES string of the molecule is CN=C(NCCCCN1CCCC1)NC1CCN(c2ccccc2Br)C1. The van der Waals surface area contributed by atoms with Crippen molar-refractivity contribution in [1.82, 2.24) is 15.5 Å². The van der Waals surface area contributed by atoms with Crippen molar-refractivity contribution in [3.05, 3.63) is 28.7 Å². The molecule has 1 aromatic carbocycles. The number of nitrogens with zero attached hydrogens (tertiary/aromatic N) is 3. The van der Waals surface area contributed by atoms with Gasteiger partial charge in [0.05, 0.1) is 5.69 Å². The van der Waals surface area contributed by atoms with Crippen LogP contribution in [0.3, 0.4) is 0 Å². The van der Waals surface area contributed by atoms with Gasteiger partial charge in [0.1, 0.15) is 0 Å². The van der Waals surface area contributed by atoms with Crippen LogP contribution in [0.1, 0.15) is 32.1 Å². The number of halogens is 1. The summed E-state index contributed by atoms with van der Waals surface area (Å²) in [5.41, 5.74) is 1.28. The van der Waals surface area contributed by atoms with Crippen LogP contribution in [0.5, 0.6) is 0 Å². The first-order valence-corrected chi connectivity index (χ1v) is 10.7. The van der Waals surface area contributed by atoms with Gasteiger partial charge in [-0.05, 0) is 79.8 Å². The van der Waals surface area contributed by atoms with Gasteiger partial charge < -0.3 is 20.4 Å². The van der Waals surface area contributed by atoms with Gasteiger partial charge in [0.25, 0.3) is 0 Å². The number of nitrogens with one attached hydrogen (secondary N) is 2. The molecule has 0 radical (unpaired) electrons. The number of aliphatic imine (C=N–C) groups is 1. The van der Waals surface area contributed by atoms with Crippen LogP contribution in [0, 0.1) is 0 Å². The molecule has 5 nitrogen and oxygen atoms in total. The second-order valence-corrected chi connectivity index (χ2v) is 8.14. The molecule has 0 saturated carbocycles. The highest BCUT2D eigenvalue weighted by molar-refractivity contribution is 9.10. The van der Waals surface area contributed by atoms with E-state index in [-0.39, 0.29) is 0 Å². The molecular weight excluding hydrogens is 390 g/mol. The highest BCUT2D eigenvalue weighted by Gasteiger charge is 2.24. The maximum Gasteiger partial charge on any atom is 0.191 e. The fourth-order valence-electron chi connectivity index (χ4n) is 3.87. The fraction of sp³-hybridized carbons (Fsp3) is 0.650. The summed E-state index contributed by atoms with van der Waals surface area (Å²) in [6.07, 6.45) is 6.37. The zero-order chi connectivity index (χ0) is 18.2. The van der Waals surface area contributed by atoms with E-state index in [9.17, 15) is 0 Å². The Balaban J connectivity index is 1.35. The lowest BCUT2D eigenvalue weighted by atomic mass is 10.2. The first-order valence-electron chi connectivity index (χ1n) is 9.95. The summed E-state index contributed by atoms with van der Waals surface area (Å²) in [6.45, 7) is 6.93. The lowest BCUT2D eigenvalue weighted by Gasteiger charge is -2.21. The summed E-state index contributed by atoms with van der Waals surface area (Å²) in [4.78, 5) is 9.42. The molecule has 0 amide bonds. The van der Waals surface area contributed by atoms with E-state index >= 15 is 0 Å². The lowest BCUT2D eigenvalue weighted by Crippen LogP contribution is -2.45. The minimum Gasteiger partial charge on any atom is -0.368 e. The van der Waals surface area contributed by atoms with Gasteiger partial charge in [0.2, 0.25) is 0 Å². The normalized spacial score (nSPS) is 21.4. The van der Waals surface area contributed by atoms with E-state index in [0.717, 1.165) is 32.0 Å². The fourth-order valence-corrected chi connectivity index (χ4v) is 4.40. The maximum absolute atomic E-state index is 4.40. The number of hydrogen-bond donors (Lipinski definition) is 2. The van der Waals surface area contributed by atoms with Crippen molar-refractivity contribution in [2.75, 3.05) is 51.2 Å². The van der Waals surface area contributed by atoms with Crippen LogP contribution in [-0.2, 0) is 0 Å². The minimum absolute atomic E-state index is 0.443. The molecule has 26 heavy (non-hydrogen) atoms. The Hall–Kier alpha value is -1.27. The molecule has 0 bridgehead atoms. The third kappa shape index (κ3) is 5.61. The highest BCUT2D eigenvalue weighted by Crippen LogP contribution is 2.28. The lowest BCUT2D eigenvalue weighted by molar-refractivity contribution is 0.330. The van der Waals surface area contributed by atoms with E-state index in [0.29, 0.717) is 6.04 Å². The zero-order valence-electron chi connectivity index (χ0n) is 15.9. The van der Waals surface area contributed by atoms with Crippen LogP contribution in [0.2, 0.25) is 0 Å². The van der Waals surface area contributed by atoms with Crippen molar-refractivity contribution in [3.63, 3.8) is 0 Å². The van der Waals surface area contributed by atoms with Crippen molar-refractivity contribution in [3.8, 4) is 0 Å². The quantitative estimate of drug-likeness (QED) is 0.403. The molecule has 2 heterocycles. The third-order valence-electron chi connectivity index (χ3n) is 5.34. The number of anilines is 1. The number of rotatable bonds is 7. The van der Waals surface area contributed by atoms with Crippen molar-refractivity contribution in [2.45, 2.75) is 38.1 Å². The summed E-state index contributed by atoms with van der Waals surface area (Å²) in [5.74, 6) is 0.935. The van der Waals surface area contributed by atoms with Crippen LogP contribution in [0.4, 0.5) is 5.69 Å². The Morgan fingerprint density at radius 3 is 2.77 bits per heavy atom. The molecule has 1 unspecified atom stereocenters. The van der Waals surface area contributed by atoms with E-state index in [1.807, 2.05) is 7.05 Å². The van der Waals surface area contributed by atoms with Crippen molar-refractivity contribution in [1.29, 1.82) is 0 Å². The Morgan fingerprint density at radius 1 is 1.19 bits per heavy atom. The largest absolute Gasteiger partial charge is 0.368 e. The highest BCUT2D eigenvalue weighted by atomic mass is 79.9. The van der Waals surface area contributed by atoms with Crippen molar-refractivity contribution >= 4 is 27.6 Å². The van der Waals surface area contributed by atoms with E-state index in [1.54, 1.807) is 0 Å². The molecule has 144 valence electrons. The van der Waals surface area contributed by atoms with E-state index < -0.39 is 0 Å². The third-order valence-corrected chi connectivity index (χ3v) is 6.01. The molecule has 6 heteroatoms. The summed E-state index contributed by atoms with van der Waals surface area (Å²) in [6, 6.07) is 8.90. The zero-order valence-corrected chi connectivity index (χ0v) is 17.5. The second-order valence-electron chi connectivity index (χ2n) is 7.28. The first-order chi connectivity index (χ1) is 12.8. The summed E-state index contributed by atoms with van der Waals surface area (Å²) >= 11 is 3.66. The van der Waals surface area contributed by atoms with Crippen LogP contribution >= 0.6 is 15.9 Å². The first kappa shape index (κ1) is 19.5. The predicted octanol–water partition coefficient (Wildman–Crippen LogP) is 3.07. The van der Waals surface area contributed by atoms with Gasteiger partial charge in [0, 0.05) is 37.2 Å². The molecule has 2 saturated heterocycles. The van der Waals surface area contributed by atoms with Crippen LogP contribution < -0.4 is 15.5 Å². The van der Waals surface area contributed by atoms with Gasteiger partial charge in [-0.1, -0.05) is 12.1 Å². The van der Waals surface area contributed by atoms with E-state index in [2.05, 4.69) is 65.6 Å². The van der Waals surface area contributed by atoms with Crippen molar-refractivity contribution in [2.24, 2.45) is 4.99 Å². The average Bonchev–Trinajstić information content (AvgIpc) is 3.33. The monoisotopic (exact) mass is 421 g/mol. The van der Waals surface area contributed by atoms with Gasteiger partial charge in [-0.3, -0.25) is 4.99 Å². The van der Waals surface area contributed by atoms with Crippen LogP contribution in [0.15, 0.2) is 33.7 Å². The summed E-state index contributed by atoms with van der Waals surface area (Å²) < 4.78 is 1.17. The average molecular weight is 422 g/mol. The maximum atomic E-state index is 4.40. The summed E-state index contributed by atoms with van der Waals surface area (Å²) in [5, 5.41) is 7.07. The molecule has 0 spiro atoms. The van der Waals surface area contributed by atoms with E-state index in [1.165, 1.54) is 55.5 Å². The van der Waals surface area contributed by atoms with Gasteiger partial charge in [-0.25, -0.2) is 0 Å². The number of guanidine groups is 1. The Labute approximate surface area is 166 Å². The van der Waals surface area contributed by atoms with E-state index in [4.69, 9.17) is 0 Å². The molecule has 2 aliphatic rings. The molecule has 0 aliphatic carbocycles. The predicted molar refractivity (Wildman–Crippen MR) is 114 cm³/mol. The Bertz CT molecular complexity index is 585. The number of unbranched alkanes of at least 4 members (excludes halogenated alkanes) is 1. The molecule has 2 N–H and O–H groups in total. The smallest absolute Gasteiger partial charge is 0.191 e. The van der Waals surface area contributed by atoms with Crippen molar-refractivity contribution < 1.29 is 0 Å². The molecule has 0 aromatic heterocycles. The molecule has 1 aromatic rings. The molecule has 2 fully saturated rings. The molecule has 3 rings (SSSR count). The topological polar surface area (TPSA) is 42.9 Å². The standard InChI is InChI=1S/C20H32BrN5/c1-22-20(23-11-4-5-12-25-13-6-7-14-25)24-17-10-15-26(16-17)19-9-3-2-8-18(19)21/h2-3,8-9,17H,4-7,10-16H2,1H3,(H2,22,23,24). The van der Waals surface area contributed by atoms with Crippen LogP contribution in [-0.4, -0.2) is 63.2 Å². The molecule has 1 atom stereocenters. The number of para-hydroxylation sites is 1. The number of likely N-dealkylation sites (tertiary alicyclic amines) is 1. The molecular formula is C20H32BrN5. The van der Waals surface area contributed by atoms with Gasteiger partial charge >= 0.3 is 0 Å².